The molecule has 4 aromatic carbocycles. The van der Waals surface area contributed by atoms with E-state index >= 15 is 0 Å². The van der Waals surface area contributed by atoms with E-state index in [2.05, 4.69) is 172 Å². The van der Waals surface area contributed by atoms with Gasteiger partial charge in [-0.1, -0.05) is 123 Å². The summed E-state index contributed by atoms with van der Waals surface area (Å²) in [5.41, 5.74) is 15.3. The van der Waals surface area contributed by atoms with E-state index in [1.165, 1.54) is 27.8 Å². The maximum absolute atomic E-state index is 7.02. The Labute approximate surface area is 255 Å². The Hall–Kier alpha value is -5.04. The van der Waals surface area contributed by atoms with Crippen LogP contribution in [0.4, 0.5) is 11.4 Å². The minimum absolute atomic E-state index is 0.108. The van der Waals surface area contributed by atoms with Gasteiger partial charge in [0.05, 0.1) is 6.04 Å². The third-order valence-electron chi connectivity index (χ3n) is 8.86. The molecule has 2 nitrogen and oxygen atoms in total. The number of rotatable bonds is 6. The molecule has 0 saturated carbocycles. The van der Waals surface area contributed by atoms with Crippen LogP contribution in [0.5, 0.6) is 0 Å². The molecule has 1 atom stereocenters. The van der Waals surface area contributed by atoms with E-state index in [1.54, 1.807) is 0 Å². The van der Waals surface area contributed by atoms with Gasteiger partial charge in [0, 0.05) is 33.5 Å². The van der Waals surface area contributed by atoms with Crippen molar-refractivity contribution in [1.29, 1.82) is 0 Å². The standard InChI is InChI=1S/C41H35NO/c1-5-14-34-31-23-26-37-39(35-19-12-13-20-36(35)41(37,3)4)38(27-31)43-40(34)28(2)42(32-17-10-7-11-18-32)33-24-21-30(22-25-33)29-15-8-6-9-16-29/h5-26,28H,1-4H3/b14-5-. The molecule has 0 aromatic heterocycles. The number of fused-ring (bicyclic) bond motifs is 3. The van der Waals surface area contributed by atoms with Gasteiger partial charge >= 0.3 is 0 Å². The Morgan fingerprint density at radius 1 is 0.744 bits per heavy atom. The van der Waals surface area contributed by atoms with Gasteiger partial charge < -0.3 is 9.64 Å². The molecular weight excluding hydrogens is 522 g/mol. The van der Waals surface area contributed by atoms with Crippen molar-refractivity contribution in [2.24, 2.45) is 0 Å². The maximum Gasteiger partial charge on any atom is 0.178 e. The first kappa shape index (κ1) is 26.8. The molecule has 1 unspecified atom stereocenters. The van der Waals surface area contributed by atoms with Gasteiger partial charge in [0.1, 0.15) is 5.76 Å². The maximum atomic E-state index is 7.02. The summed E-state index contributed by atoms with van der Waals surface area (Å²) < 4.78 is 7.02. The lowest BCUT2D eigenvalue weighted by atomic mass is 9.81. The zero-order valence-corrected chi connectivity index (χ0v) is 25.1. The molecule has 0 radical (unpaired) electrons. The Morgan fingerprint density at radius 2 is 1.37 bits per heavy atom. The van der Waals surface area contributed by atoms with Crippen molar-refractivity contribution < 1.29 is 4.74 Å². The molecule has 43 heavy (non-hydrogen) atoms. The molecule has 210 valence electrons. The van der Waals surface area contributed by atoms with E-state index in [4.69, 9.17) is 4.74 Å². The number of benzene rings is 4. The molecule has 0 saturated heterocycles. The van der Waals surface area contributed by atoms with Gasteiger partial charge in [0.2, 0.25) is 0 Å². The SMILES string of the molecule is C/C=C\C1=C(C(C)N(c2ccccc2)c2ccc(-c3ccccc3)cc2)OC2=C=C1C=CC1=C2c2ccccc2C1(C)C. The van der Waals surface area contributed by atoms with Crippen LogP contribution in [0.2, 0.25) is 0 Å². The van der Waals surface area contributed by atoms with Gasteiger partial charge in [-0.15, -0.1) is 0 Å². The highest BCUT2D eigenvalue weighted by Gasteiger charge is 2.40. The van der Waals surface area contributed by atoms with Crippen molar-refractivity contribution in [3.05, 3.63) is 179 Å². The predicted molar refractivity (Wildman–Crippen MR) is 179 cm³/mol. The predicted octanol–water partition coefficient (Wildman–Crippen LogP) is 10.5. The summed E-state index contributed by atoms with van der Waals surface area (Å²) in [4.78, 5) is 2.37. The zero-order chi connectivity index (χ0) is 29.6. The smallest absolute Gasteiger partial charge is 0.178 e. The molecule has 1 aliphatic heterocycles. The van der Waals surface area contributed by atoms with Crippen LogP contribution in [0.1, 0.15) is 38.8 Å². The van der Waals surface area contributed by atoms with E-state index < -0.39 is 0 Å². The number of ether oxygens (including phenoxy) is 1. The molecule has 7 rings (SSSR count). The normalized spacial score (nSPS) is 17.1. The molecule has 3 aliphatic rings. The third-order valence-corrected chi connectivity index (χ3v) is 8.86. The van der Waals surface area contributed by atoms with Crippen molar-refractivity contribution in [3.63, 3.8) is 0 Å². The average Bonchev–Trinajstić information content (AvgIpc) is 3.16. The minimum atomic E-state index is -0.123. The Morgan fingerprint density at radius 3 is 2.09 bits per heavy atom. The summed E-state index contributed by atoms with van der Waals surface area (Å²) in [7, 11) is 0. The second kappa shape index (κ2) is 10.7. The van der Waals surface area contributed by atoms with Gasteiger partial charge in [-0.3, -0.25) is 0 Å². The summed E-state index contributed by atoms with van der Waals surface area (Å²) in [5, 5.41) is 0. The highest BCUT2D eigenvalue weighted by Crippen LogP contribution is 2.52. The highest BCUT2D eigenvalue weighted by molar-refractivity contribution is 5.91. The van der Waals surface area contributed by atoms with Crippen LogP contribution in [-0.4, -0.2) is 6.04 Å². The molecular formula is C41H35NO. The van der Waals surface area contributed by atoms with Crippen LogP contribution in [0.15, 0.2) is 167 Å². The largest absolute Gasteiger partial charge is 0.450 e. The summed E-state index contributed by atoms with van der Waals surface area (Å²) in [6.45, 7) is 8.91. The van der Waals surface area contributed by atoms with Gasteiger partial charge in [-0.2, -0.15) is 0 Å². The van der Waals surface area contributed by atoms with Gasteiger partial charge in [0.25, 0.3) is 0 Å². The monoisotopic (exact) mass is 557 g/mol. The fourth-order valence-corrected chi connectivity index (χ4v) is 6.71. The number of anilines is 2. The molecule has 2 aliphatic carbocycles. The van der Waals surface area contributed by atoms with Gasteiger partial charge in [0.15, 0.2) is 5.76 Å². The van der Waals surface area contributed by atoms with Gasteiger partial charge in [-0.05, 0) is 72.0 Å². The average molecular weight is 558 g/mol. The second-order valence-corrected chi connectivity index (χ2v) is 11.8. The lowest BCUT2D eigenvalue weighted by molar-refractivity contribution is 0.292. The molecule has 4 aromatic rings. The van der Waals surface area contributed by atoms with E-state index in [-0.39, 0.29) is 11.5 Å². The van der Waals surface area contributed by atoms with Crippen molar-refractivity contribution in [2.45, 2.75) is 39.2 Å². The number of para-hydroxylation sites is 1. The van der Waals surface area contributed by atoms with Crippen LogP contribution in [0.25, 0.3) is 16.7 Å². The molecule has 1 heterocycles. The first-order valence-corrected chi connectivity index (χ1v) is 15.1. The first-order chi connectivity index (χ1) is 21.0. The van der Waals surface area contributed by atoms with Crippen LogP contribution in [0.3, 0.4) is 0 Å². The second-order valence-electron chi connectivity index (χ2n) is 11.8. The van der Waals surface area contributed by atoms with Crippen LogP contribution in [0, 0.1) is 0 Å². The van der Waals surface area contributed by atoms with E-state index in [1.807, 2.05) is 0 Å². The summed E-state index contributed by atoms with van der Waals surface area (Å²) in [5.74, 6) is 1.72. The van der Waals surface area contributed by atoms with Crippen molar-refractivity contribution in [2.75, 3.05) is 4.90 Å². The van der Waals surface area contributed by atoms with Crippen LogP contribution in [-0.2, 0) is 10.2 Å². The number of hydrogen-bond donors (Lipinski definition) is 0. The van der Waals surface area contributed by atoms with Crippen molar-refractivity contribution in [3.8, 4) is 11.1 Å². The Bertz CT molecular complexity index is 1890. The van der Waals surface area contributed by atoms with E-state index in [9.17, 15) is 0 Å². The van der Waals surface area contributed by atoms with Gasteiger partial charge in [-0.25, -0.2) is 0 Å². The molecule has 2 bridgehead atoms. The van der Waals surface area contributed by atoms with Crippen molar-refractivity contribution >= 4 is 16.9 Å². The topological polar surface area (TPSA) is 12.5 Å². The summed E-state index contributed by atoms with van der Waals surface area (Å²) >= 11 is 0. The fraction of sp³-hybridized carbons (Fsp3) is 0.146. The molecule has 0 fully saturated rings. The molecule has 0 amide bonds. The third kappa shape index (κ3) is 4.52. The summed E-state index contributed by atoms with van der Waals surface area (Å²) in [6.07, 6.45) is 8.75. The van der Waals surface area contributed by atoms with Crippen LogP contribution < -0.4 is 4.90 Å². The summed E-state index contributed by atoms with van der Waals surface area (Å²) in [6, 6.07) is 38.6. The zero-order valence-electron chi connectivity index (χ0n) is 25.1. The lowest BCUT2D eigenvalue weighted by Gasteiger charge is -2.35. The molecule has 2 heteroatoms. The highest BCUT2D eigenvalue weighted by atomic mass is 16.5. The van der Waals surface area contributed by atoms with E-state index in [0.717, 1.165) is 39.6 Å². The Kier molecular flexibility index (Phi) is 6.65. The van der Waals surface area contributed by atoms with E-state index in [0.29, 0.717) is 0 Å². The minimum Gasteiger partial charge on any atom is -0.450 e. The van der Waals surface area contributed by atoms with Crippen LogP contribution >= 0.6 is 0 Å². The number of hydrogen-bond acceptors (Lipinski definition) is 2. The Balaban J connectivity index is 1.34. The first-order valence-electron chi connectivity index (χ1n) is 15.1. The quantitative estimate of drug-likeness (QED) is 0.219. The molecule has 0 spiro atoms. The lowest BCUT2D eigenvalue weighted by Crippen LogP contribution is -2.32. The van der Waals surface area contributed by atoms with Crippen molar-refractivity contribution in [1.82, 2.24) is 0 Å². The number of allylic oxidation sites excluding steroid dienone is 7. The molecule has 0 N–H and O–H groups in total. The number of nitrogens with zero attached hydrogens (tertiary/aromatic N) is 1. The fourth-order valence-electron chi connectivity index (χ4n) is 6.71.